The molecule has 1 N–H and O–H groups in total. The third kappa shape index (κ3) is 4.11. The van der Waals surface area contributed by atoms with Gasteiger partial charge in [-0.05, 0) is 66.1 Å². The van der Waals surface area contributed by atoms with Gasteiger partial charge in [0.1, 0.15) is 0 Å². The molecule has 116 valence electrons. The van der Waals surface area contributed by atoms with Gasteiger partial charge in [0.05, 0.1) is 5.92 Å². The van der Waals surface area contributed by atoms with Crippen molar-refractivity contribution in [2.75, 3.05) is 5.32 Å². The maximum Gasteiger partial charge on any atom is 0.392 e. The average Bonchev–Trinajstić information content (AvgIpc) is 2.41. The zero-order valence-electron chi connectivity index (χ0n) is 11.6. The van der Waals surface area contributed by atoms with Gasteiger partial charge in [-0.25, -0.2) is 0 Å². The van der Waals surface area contributed by atoms with Crippen molar-refractivity contribution >= 4 is 34.2 Å². The van der Waals surface area contributed by atoms with Crippen LogP contribution in [0.5, 0.6) is 0 Å². The molecule has 2 atom stereocenters. The number of nitrogens with one attached hydrogen (secondary N) is 1. The molecule has 1 amide bonds. The third-order valence-corrected chi connectivity index (χ3v) is 4.64. The summed E-state index contributed by atoms with van der Waals surface area (Å²) in [7, 11) is 0. The van der Waals surface area contributed by atoms with Crippen molar-refractivity contribution in [3.8, 4) is 0 Å². The molecule has 21 heavy (non-hydrogen) atoms. The van der Waals surface area contributed by atoms with Gasteiger partial charge >= 0.3 is 6.18 Å². The highest BCUT2D eigenvalue weighted by Gasteiger charge is 2.48. The molecular weight excluding hydrogens is 394 g/mol. The van der Waals surface area contributed by atoms with Crippen LogP contribution in [0.3, 0.4) is 0 Å². The number of carbonyl (C=O) groups excluding carboxylic acids is 1. The Morgan fingerprint density at radius 3 is 2.57 bits per heavy atom. The highest BCUT2D eigenvalue weighted by Crippen LogP contribution is 2.42. The van der Waals surface area contributed by atoms with Crippen LogP contribution < -0.4 is 5.32 Å². The number of anilines is 1. The second-order valence-corrected chi connectivity index (χ2v) is 6.73. The van der Waals surface area contributed by atoms with Crippen molar-refractivity contribution in [1.29, 1.82) is 0 Å². The maximum absolute atomic E-state index is 13.0. The van der Waals surface area contributed by atoms with E-state index in [2.05, 4.69) is 27.9 Å². The van der Waals surface area contributed by atoms with Crippen LogP contribution in [-0.2, 0) is 4.79 Å². The molecule has 1 aliphatic carbocycles. The second-order valence-electron chi connectivity index (χ2n) is 5.49. The number of amides is 1. The Labute approximate surface area is 135 Å². The molecule has 1 aliphatic rings. The van der Waals surface area contributed by atoms with Gasteiger partial charge in [0.2, 0.25) is 5.91 Å². The van der Waals surface area contributed by atoms with E-state index in [9.17, 15) is 18.0 Å². The highest BCUT2D eigenvalue weighted by molar-refractivity contribution is 14.1. The third-order valence-electron chi connectivity index (χ3n) is 3.97. The number of rotatable bonds is 2. The Morgan fingerprint density at radius 2 is 1.95 bits per heavy atom. The van der Waals surface area contributed by atoms with Crippen molar-refractivity contribution in [2.24, 2.45) is 11.8 Å². The summed E-state index contributed by atoms with van der Waals surface area (Å²) in [6.07, 6.45) is -2.73. The second kappa shape index (κ2) is 6.54. The Bertz CT molecular complexity index is 530. The molecule has 1 aromatic carbocycles. The number of aryl methyl sites for hydroxylation is 1. The largest absolute Gasteiger partial charge is 0.392 e. The van der Waals surface area contributed by atoms with E-state index >= 15 is 0 Å². The summed E-state index contributed by atoms with van der Waals surface area (Å²) in [6.45, 7) is 1.83. The Kier molecular flexibility index (Phi) is 5.16. The predicted octanol–water partition coefficient (Wildman–Crippen LogP) is 4.91. The molecule has 2 rings (SSSR count). The number of hydrogen-bond acceptors (Lipinski definition) is 1. The molecule has 1 fully saturated rings. The monoisotopic (exact) mass is 411 g/mol. The lowest BCUT2D eigenvalue weighted by Gasteiger charge is -2.32. The minimum Gasteiger partial charge on any atom is -0.326 e. The SMILES string of the molecule is Cc1cc(I)ccc1NC(=O)C1CCCCC1C(F)(F)F. The molecule has 1 aromatic rings. The molecule has 2 unspecified atom stereocenters. The van der Waals surface area contributed by atoms with Gasteiger partial charge < -0.3 is 5.32 Å². The number of alkyl halides is 3. The summed E-state index contributed by atoms with van der Waals surface area (Å²) < 4.78 is 40.1. The van der Waals surface area contributed by atoms with E-state index in [1.807, 2.05) is 19.1 Å². The molecule has 0 heterocycles. The first kappa shape index (κ1) is 16.6. The van der Waals surface area contributed by atoms with Crippen molar-refractivity contribution in [1.82, 2.24) is 0 Å². The van der Waals surface area contributed by atoms with Gasteiger partial charge in [0.25, 0.3) is 0 Å². The van der Waals surface area contributed by atoms with Gasteiger partial charge in [-0.1, -0.05) is 12.8 Å². The van der Waals surface area contributed by atoms with Gasteiger partial charge in [0, 0.05) is 15.2 Å². The first-order valence-corrected chi connectivity index (χ1v) is 8.00. The van der Waals surface area contributed by atoms with Gasteiger partial charge in [-0.2, -0.15) is 13.2 Å². The van der Waals surface area contributed by atoms with Crippen LogP contribution >= 0.6 is 22.6 Å². The number of carbonyl (C=O) groups is 1. The zero-order valence-corrected chi connectivity index (χ0v) is 13.8. The topological polar surface area (TPSA) is 29.1 Å². The van der Waals surface area contributed by atoms with E-state index in [0.29, 0.717) is 24.9 Å². The van der Waals surface area contributed by atoms with E-state index < -0.39 is 23.9 Å². The Balaban J connectivity index is 2.14. The molecule has 0 aliphatic heterocycles. The van der Waals surface area contributed by atoms with E-state index in [1.54, 1.807) is 6.07 Å². The lowest BCUT2D eigenvalue weighted by Crippen LogP contribution is -2.39. The van der Waals surface area contributed by atoms with E-state index in [-0.39, 0.29) is 6.42 Å². The summed E-state index contributed by atoms with van der Waals surface area (Å²) in [4.78, 5) is 12.2. The van der Waals surface area contributed by atoms with Crippen molar-refractivity contribution < 1.29 is 18.0 Å². The lowest BCUT2D eigenvalue weighted by molar-refractivity contribution is -0.197. The van der Waals surface area contributed by atoms with Crippen LogP contribution in [0.1, 0.15) is 31.2 Å². The van der Waals surface area contributed by atoms with E-state index in [4.69, 9.17) is 0 Å². The molecule has 0 aromatic heterocycles. The van der Waals surface area contributed by atoms with Crippen molar-refractivity contribution in [3.05, 3.63) is 27.3 Å². The number of halogens is 4. The fourth-order valence-corrected chi connectivity index (χ4v) is 3.48. The van der Waals surface area contributed by atoms with Crippen LogP contribution in [0, 0.1) is 22.3 Å². The summed E-state index contributed by atoms with van der Waals surface area (Å²) >= 11 is 2.15. The van der Waals surface area contributed by atoms with Crippen LogP contribution in [-0.4, -0.2) is 12.1 Å². The summed E-state index contributed by atoms with van der Waals surface area (Å²) in [5.74, 6) is -3.01. The molecular formula is C15H17F3INO. The molecule has 0 radical (unpaired) electrons. The first-order valence-electron chi connectivity index (χ1n) is 6.93. The smallest absolute Gasteiger partial charge is 0.326 e. The minimum atomic E-state index is -4.30. The zero-order chi connectivity index (χ0) is 15.6. The van der Waals surface area contributed by atoms with E-state index in [1.165, 1.54) is 0 Å². The normalized spacial score (nSPS) is 22.9. The van der Waals surface area contributed by atoms with Crippen LogP contribution in [0.2, 0.25) is 0 Å². The van der Waals surface area contributed by atoms with Crippen molar-refractivity contribution in [3.63, 3.8) is 0 Å². The van der Waals surface area contributed by atoms with Gasteiger partial charge in [-0.15, -0.1) is 0 Å². The molecule has 0 spiro atoms. The average molecular weight is 411 g/mol. The number of benzene rings is 1. The summed E-state index contributed by atoms with van der Waals surface area (Å²) in [5.41, 5.74) is 1.45. The van der Waals surface area contributed by atoms with Crippen LogP contribution in [0.25, 0.3) is 0 Å². The van der Waals surface area contributed by atoms with Crippen molar-refractivity contribution in [2.45, 2.75) is 38.8 Å². The van der Waals surface area contributed by atoms with Crippen LogP contribution in [0.4, 0.5) is 18.9 Å². The van der Waals surface area contributed by atoms with Gasteiger partial charge in [0.15, 0.2) is 0 Å². The fourth-order valence-electron chi connectivity index (χ4n) is 2.83. The van der Waals surface area contributed by atoms with E-state index in [0.717, 1.165) is 9.13 Å². The molecule has 6 heteroatoms. The molecule has 0 saturated heterocycles. The number of hydrogen-bond donors (Lipinski definition) is 1. The Hall–Kier alpha value is -0.790. The quantitative estimate of drug-likeness (QED) is 0.689. The lowest BCUT2D eigenvalue weighted by atomic mass is 9.78. The first-order chi connectivity index (χ1) is 9.79. The minimum absolute atomic E-state index is 0.0489. The fraction of sp³-hybridized carbons (Fsp3) is 0.533. The molecule has 2 nitrogen and oxygen atoms in total. The van der Waals surface area contributed by atoms with Crippen LogP contribution in [0.15, 0.2) is 18.2 Å². The summed E-state index contributed by atoms with van der Waals surface area (Å²) in [6, 6.07) is 5.45. The molecule has 1 saturated carbocycles. The van der Waals surface area contributed by atoms with Gasteiger partial charge in [-0.3, -0.25) is 4.79 Å². The predicted molar refractivity (Wildman–Crippen MR) is 84.0 cm³/mol. The summed E-state index contributed by atoms with van der Waals surface area (Å²) in [5, 5.41) is 2.67. The standard InChI is InChI=1S/C15H17F3INO/c1-9-8-10(19)6-7-13(9)20-14(21)11-4-2-3-5-12(11)15(16,17)18/h6-8,11-12H,2-5H2,1H3,(H,20,21). The Morgan fingerprint density at radius 1 is 1.29 bits per heavy atom. The highest BCUT2D eigenvalue weighted by atomic mass is 127. The maximum atomic E-state index is 13.0. The molecule has 0 bridgehead atoms.